The predicted molar refractivity (Wildman–Crippen MR) is 126 cm³/mol. The van der Waals surface area contributed by atoms with Crippen molar-refractivity contribution in [1.29, 1.82) is 0 Å². The molecular formula is C23H25N3O2S2. The molecule has 0 aliphatic carbocycles. The Balaban J connectivity index is 1.71. The van der Waals surface area contributed by atoms with E-state index in [4.69, 9.17) is 12.2 Å². The predicted octanol–water partition coefficient (Wildman–Crippen LogP) is 4.06. The van der Waals surface area contributed by atoms with E-state index in [-0.39, 0.29) is 10.8 Å². The lowest BCUT2D eigenvalue weighted by Crippen LogP contribution is -2.32. The van der Waals surface area contributed by atoms with Crippen molar-refractivity contribution >= 4 is 33.0 Å². The Hall–Kier alpha value is -2.74. The van der Waals surface area contributed by atoms with E-state index in [1.54, 1.807) is 24.3 Å². The summed E-state index contributed by atoms with van der Waals surface area (Å²) < 4.78 is 25.9. The number of hydrogen-bond acceptors (Lipinski definition) is 3. The first-order valence-electron chi connectivity index (χ1n) is 9.55. The molecule has 0 radical (unpaired) electrons. The summed E-state index contributed by atoms with van der Waals surface area (Å²) in [6.45, 7) is 0.607. The second-order valence-corrected chi connectivity index (χ2v) is 9.58. The number of nitrogens with zero attached hydrogens (tertiary/aromatic N) is 1. The molecule has 3 aromatic rings. The number of thiocarbonyl (C=S) groups is 1. The van der Waals surface area contributed by atoms with E-state index >= 15 is 0 Å². The normalized spacial score (nSPS) is 11.5. The Labute approximate surface area is 183 Å². The zero-order chi connectivity index (χ0) is 21.6. The molecule has 5 nitrogen and oxygen atoms in total. The van der Waals surface area contributed by atoms with Crippen LogP contribution >= 0.6 is 12.2 Å². The van der Waals surface area contributed by atoms with E-state index in [0.29, 0.717) is 17.3 Å². The molecule has 7 heteroatoms. The Morgan fingerprint density at radius 1 is 0.900 bits per heavy atom. The molecule has 156 valence electrons. The second-order valence-electron chi connectivity index (χ2n) is 7.02. The van der Waals surface area contributed by atoms with Crippen LogP contribution in [0, 0.1) is 0 Å². The van der Waals surface area contributed by atoms with Crippen LogP contribution in [-0.4, -0.2) is 38.5 Å². The summed E-state index contributed by atoms with van der Waals surface area (Å²) in [7, 11) is -0.486. The molecule has 0 saturated heterocycles. The average molecular weight is 440 g/mol. The highest BCUT2D eigenvalue weighted by Crippen LogP contribution is 2.24. The van der Waals surface area contributed by atoms with Crippen LogP contribution in [0.1, 0.15) is 17.0 Å². The van der Waals surface area contributed by atoms with Crippen LogP contribution < -0.4 is 10.6 Å². The van der Waals surface area contributed by atoms with Gasteiger partial charge in [0.2, 0.25) is 10.0 Å². The monoisotopic (exact) mass is 439 g/mol. The summed E-state index contributed by atoms with van der Waals surface area (Å²) in [6, 6.07) is 27.1. The molecule has 0 unspecified atom stereocenters. The third-order valence-electron chi connectivity index (χ3n) is 4.74. The molecule has 0 aliphatic heterocycles. The third kappa shape index (κ3) is 5.44. The fourth-order valence-corrected chi connectivity index (χ4v) is 4.26. The van der Waals surface area contributed by atoms with Crippen molar-refractivity contribution in [2.24, 2.45) is 0 Å². The maximum absolute atomic E-state index is 12.3. The van der Waals surface area contributed by atoms with Crippen molar-refractivity contribution in [1.82, 2.24) is 9.62 Å². The molecule has 0 aliphatic rings. The van der Waals surface area contributed by atoms with Gasteiger partial charge in [0.25, 0.3) is 0 Å². The van der Waals surface area contributed by atoms with Gasteiger partial charge in [-0.1, -0.05) is 66.7 Å². The van der Waals surface area contributed by atoms with Gasteiger partial charge in [-0.25, -0.2) is 12.7 Å². The molecule has 0 heterocycles. The van der Waals surface area contributed by atoms with Gasteiger partial charge in [0.05, 0.1) is 4.90 Å². The number of anilines is 1. The molecule has 0 aromatic heterocycles. The van der Waals surface area contributed by atoms with E-state index < -0.39 is 10.0 Å². The largest absolute Gasteiger partial charge is 0.361 e. The smallest absolute Gasteiger partial charge is 0.242 e. The molecule has 3 aromatic carbocycles. The zero-order valence-corrected chi connectivity index (χ0v) is 18.6. The molecular weight excluding hydrogens is 414 g/mol. The van der Waals surface area contributed by atoms with Crippen LogP contribution in [0.25, 0.3) is 0 Å². The summed E-state index contributed by atoms with van der Waals surface area (Å²) in [5, 5.41) is 6.79. The molecule has 30 heavy (non-hydrogen) atoms. The van der Waals surface area contributed by atoms with Crippen LogP contribution in [0.15, 0.2) is 89.8 Å². The number of sulfonamides is 1. The molecule has 0 fully saturated rings. The summed E-state index contributed by atoms with van der Waals surface area (Å²) in [5.41, 5.74) is 3.00. The van der Waals surface area contributed by atoms with Gasteiger partial charge >= 0.3 is 0 Å². The lowest BCUT2D eigenvalue weighted by atomic mass is 9.91. The SMILES string of the molecule is CN(C)S(=O)(=O)c1cccc(NC(=S)NCC(c2ccccc2)c2ccccc2)c1. The van der Waals surface area contributed by atoms with Crippen molar-refractivity contribution in [2.75, 3.05) is 26.0 Å². The lowest BCUT2D eigenvalue weighted by Gasteiger charge is -2.20. The first-order chi connectivity index (χ1) is 14.4. The van der Waals surface area contributed by atoms with Crippen LogP contribution in [0.4, 0.5) is 5.69 Å². The fourth-order valence-electron chi connectivity index (χ4n) is 3.11. The Kier molecular flexibility index (Phi) is 7.20. The summed E-state index contributed by atoms with van der Waals surface area (Å²) in [5.74, 6) is 0.132. The van der Waals surface area contributed by atoms with Crippen molar-refractivity contribution in [3.8, 4) is 0 Å². The van der Waals surface area contributed by atoms with Crippen LogP contribution in [-0.2, 0) is 10.0 Å². The van der Waals surface area contributed by atoms with Gasteiger partial charge in [-0.05, 0) is 41.5 Å². The summed E-state index contributed by atoms with van der Waals surface area (Å²) in [6.07, 6.45) is 0. The lowest BCUT2D eigenvalue weighted by molar-refractivity contribution is 0.521. The highest BCUT2D eigenvalue weighted by molar-refractivity contribution is 7.89. The van der Waals surface area contributed by atoms with Crippen molar-refractivity contribution in [3.05, 3.63) is 96.1 Å². The maximum Gasteiger partial charge on any atom is 0.242 e. The summed E-state index contributed by atoms with van der Waals surface area (Å²) >= 11 is 5.46. The van der Waals surface area contributed by atoms with E-state index in [2.05, 4.69) is 34.9 Å². The molecule has 0 saturated carbocycles. The minimum Gasteiger partial charge on any atom is -0.361 e. The zero-order valence-electron chi connectivity index (χ0n) is 16.9. The number of rotatable bonds is 7. The van der Waals surface area contributed by atoms with Gasteiger partial charge in [-0.3, -0.25) is 0 Å². The van der Waals surface area contributed by atoms with Crippen molar-refractivity contribution < 1.29 is 8.42 Å². The van der Waals surface area contributed by atoms with E-state index in [0.717, 1.165) is 0 Å². The van der Waals surface area contributed by atoms with E-state index in [9.17, 15) is 8.42 Å². The molecule has 3 rings (SSSR count). The van der Waals surface area contributed by atoms with Crippen molar-refractivity contribution in [2.45, 2.75) is 10.8 Å². The van der Waals surface area contributed by atoms with Gasteiger partial charge < -0.3 is 10.6 Å². The number of hydrogen-bond donors (Lipinski definition) is 2. The topological polar surface area (TPSA) is 61.4 Å². The van der Waals surface area contributed by atoms with Gasteiger partial charge in [0, 0.05) is 32.2 Å². The molecule has 0 spiro atoms. The number of nitrogens with one attached hydrogen (secondary N) is 2. The average Bonchev–Trinajstić information content (AvgIpc) is 2.75. The first kappa shape index (κ1) is 22.0. The Morgan fingerprint density at radius 3 is 2.00 bits per heavy atom. The van der Waals surface area contributed by atoms with E-state index in [1.807, 2.05) is 36.4 Å². The molecule has 0 amide bonds. The van der Waals surface area contributed by atoms with Crippen molar-refractivity contribution in [3.63, 3.8) is 0 Å². The summed E-state index contributed by atoms with van der Waals surface area (Å²) in [4.78, 5) is 0.215. The minimum atomic E-state index is -3.50. The first-order valence-corrected chi connectivity index (χ1v) is 11.4. The van der Waals surface area contributed by atoms with E-state index in [1.165, 1.54) is 29.5 Å². The fraction of sp³-hybridized carbons (Fsp3) is 0.174. The molecule has 0 atom stereocenters. The molecule has 0 bridgehead atoms. The van der Waals surface area contributed by atoms with Gasteiger partial charge in [-0.2, -0.15) is 0 Å². The number of benzene rings is 3. The van der Waals surface area contributed by atoms with Crippen LogP contribution in [0.5, 0.6) is 0 Å². The van der Waals surface area contributed by atoms with Gasteiger partial charge in [-0.15, -0.1) is 0 Å². The Morgan fingerprint density at radius 2 is 1.47 bits per heavy atom. The standard InChI is InChI=1S/C23H25N3O2S2/c1-26(2)30(27,28)21-15-9-14-20(16-21)25-23(29)24-17-22(18-10-5-3-6-11-18)19-12-7-4-8-13-19/h3-16,22H,17H2,1-2H3,(H2,24,25,29). The van der Waals surface area contributed by atoms with Gasteiger partial charge in [0.1, 0.15) is 0 Å². The van der Waals surface area contributed by atoms with Crippen LogP contribution in [0.3, 0.4) is 0 Å². The second kappa shape index (κ2) is 9.84. The third-order valence-corrected chi connectivity index (χ3v) is 6.80. The highest BCUT2D eigenvalue weighted by Gasteiger charge is 2.18. The highest BCUT2D eigenvalue weighted by atomic mass is 32.2. The quantitative estimate of drug-likeness (QED) is 0.544. The van der Waals surface area contributed by atoms with Crippen LogP contribution in [0.2, 0.25) is 0 Å². The minimum absolute atomic E-state index is 0.132. The Bertz CT molecular complexity index is 1050. The molecule has 2 N–H and O–H groups in total. The maximum atomic E-state index is 12.3. The van der Waals surface area contributed by atoms with Gasteiger partial charge in [0.15, 0.2) is 5.11 Å².